The summed E-state index contributed by atoms with van der Waals surface area (Å²) in [6, 6.07) is 3.80. The molecule has 51 heavy (non-hydrogen) atoms. The van der Waals surface area contributed by atoms with Gasteiger partial charge in [0.25, 0.3) is 10.1 Å². The van der Waals surface area contributed by atoms with Crippen LogP contribution in [0.25, 0.3) is 0 Å². The minimum absolute atomic E-state index is 0.0155. The number of unbranched alkanes of at least 4 members (excludes halogenated alkanes) is 20. The average molecular weight is 728 g/mol. The van der Waals surface area contributed by atoms with Crippen molar-refractivity contribution >= 4 is 10.1 Å². The Morgan fingerprint density at radius 3 is 1.45 bits per heavy atom. The number of allylic oxidation sites excluding steroid dienone is 8. The molecule has 1 rings (SSSR count). The van der Waals surface area contributed by atoms with Crippen molar-refractivity contribution in [2.24, 2.45) is 0 Å². The highest BCUT2D eigenvalue weighted by atomic mass is 32.2. The van der Waals surface area contributed by atoms with Crippen LogP contribution >= 0.6 is 0 Å². The molecular weight excluding hydrogens is 651 g/mol. The number of hydrogen-bond donors (Lipinski definition) is 0. The molecule has 0 aliphatic rings. The van der Waals surface area contributed by atoms with Crippen molar-refractivity contribution < 1.29 is 17.3 Å². The van der Waals surface area contributed by atoms with Crippen molar-refractivity contribution in [1.29, 1.82) is 0 Å². The van der Waals surface area contributed by atoms with Crippen molar-refractivity contribution in [2.45, 2.75) is 194 Å². The third-order valence-corrected chi connectivity index (χ3v) is 9.63. The summed E-state index contributed by atoms with van der Waals surface area (Å²) in [6.45, 7) is 5.15. The minimum atomic E-state index is -3.51. The summed E-state index contributed by atoms with van der Waals surface area (Å²) in [4.78, 5) is 4.76. The van der Waals surface area contributed by atoms with Crippen LogP contribution in [0.2, 0.25) is 0 Å². The standard InChI is InChI=1S/C45H77NO4S/c1-4-6-8-10-12-14-16-18-20-22-23-24-26-28-30-32-34-36-38-44-40-43(42-50-51(3,47)48)41-45(46-44)49-39-37-35-33-31-29-27-25-21-19-17-15-13-11-9-7-5-2/h12-15,18-21,40-41H,4-11,16-17,22-39,42H2,1-3H3/b14-12-,15-13-,20-18-,21-19-. The van der Waals surface area contributed by atoms with E-state index < -0.39 is 10.1 Å². The van der Waals surface area contributed by atoms with Gasteiger partial charge in [-0.05, 0) is 95.1 Å². The highest BCUT2D eigenvalue weighted by molar-refractivity contribution is 7.85. The number of rotatable bonds is 36. The number of ether oxygens (including phenoxy) is 1. The van der Waals surface area contributed by atoms with E-state index in [1.807, 2.05) is 12.1 Å². The van der Waals surface area contributed by atoms with E-state index in [2.05, 4.69) is 62.5 Å². The zero-order chi connectivity index (χ0) is 36.9. The Kier molecular flexibility index (Phi) is 32.0. The van der Waals surface area contributed by atoms with Gasteiger partial charge >= 0.3 is 0 Å². The molecule has 0 atom stereocenters. The summed E-state index contributed by atoms with van der Waals surface area (Å²) in [6.07, 6.45) is 52.6. The lowest BCUT2D eigenvalue weighted by Crippen LogP contribution is -2.06. The molecule has 0 aliphatic carbocycles. The van der Waals surface area contributed by atoms with Crippen LogP contribution in [0.5, 0.6) is 5.88 Å². The van der Waals surface area contributed by atoms with Crippen LogP contribution in [0.3, 0.4) is 0 Å². The van der Waals surface area contributed by atoms with E-state index >= 15 is 0 Å². The van der Waals surface area contributed by atoms with Crippen LogP contribution in [0.4, 0.5) is 0 Å². The Hall–Kier alpha value is -2.18. The monoisotopic (exact) mass is 728 g/mol. The van der Waals surface area contributed by atoms with E-state index in [1.54, 1.807) is 0 Å². The highest BCUT2D eigenvalue weighted by Crippen LogP contribution is 2.18. The smallest absolute Gasteiger partial charge is 0.264 e. The van der Waals surface area contributed by atoms with Gasteiger partial charge in [-0.15, -0.1) is 0 Å². The summed E-state index contributed by atoms with van der Waals surface area (Å²) < 4.78 is 34.3. The first kappa shape index (κ1) is 46.8. The Bertz CT molecular complexity index is 1150. The van der Waals surface area contributed by atoms with Gasteiger partial charge in [-0.25, -0.2) is 4.98 Å². The van der Waals surface area contributed by atoms with Gasteiger partial charge < -0.3 is 4.74 Å². The van der Waals surface area contributed by atoms with Crippen LogP contribution in [0.15, 0.2) is 60.7 Å². The molecule has 6 heteroatoms. The zero-order valence-electron chi connectivity index (χ0n) is 33.3. The second-order valence-electron chi connectivity index (χ2n) is 14.2. The largest absolute Gasteiger partial charge is 0.478 e. The van der Waals surface area contributed by atoms with Crippen molar-refractivity contribution in [2.75, 3.05) is 12.9 Å². The summed E-state index contributed by atoms with van der Waals surface area (Å²) in [7, 11) is -3.51. The Morgan fingerprint density at radius 1 is 0.549 bits per heavy atom. The SMILES string of the molecule is CCCCC/C=C\C/C=C\CCCCCCCCCCc1cc(COS(C)(=O)=O)cc(OCCCCCCCC/C=C\C/C=C\CCCCC)n1. The number of nitrogens with zero attached hydrogens (tertiary/aromatic N) is 1. The van der Waals surface area contributed by atoms with Crippen molar-refractivity contribution in [3.05, 3.63) is 72.0 Å². The number of aromatic nitrogens is 1. The molecule has 0 N–H and O–H groups in total. The van der Waals surface area contributed by atoms with Crippen molar-refractivity contribution in [3.63, 3.8) is 0 Å². The van der Waals surface area contributed by atoms with Crippen LogP contribution < -0.4 is 4.74 Å². The molecule has 292 valence electrons. The lowest BCUT2D eigenvalue weighted by Gasteiger charge is -2.11. The highest BCUT2D eigenvalue weighted by Gasteiger charge is 2.08. The first-order valence-corrected chi connectivity index (χ1v) is 22.8. The molecule has 0 saturated carbocycles. The molecule has 0 saturated heterocycles. The second kappa shape index (κ2) is 34.9. The van der Waals surface area contributed by atoms with Gasteiger partial charge in [-0.3, -0.25) is 4.18 Å². The van der Waals surface area contributed by atoms with E-state index in [4.69, 9.17) is 13.9 Å². The van der Waals surface area contributed by atoms with Crippen LogP contribution in [-0.2, 0) is 27.3 Å². The van der Waals surface area contributed by atoms with E-state index in [0.29, 0.717) is 12.5 Å². The molecular formula is C45H77NO4S. The van der Waals surface area contributed by atoms with Crippen LogP contribution in [0, 0.1) is 0 Å². The fraction of sp³-hybridized carbons (Fsp3) is 0.711. The van der Waals surface area contributed by atoms with E-state index in [0.717, 1.165) is 56.0 Å². The minimum Gasteiger partial charge on any atom is -0.478 e. The summed E-state index contributed by atoms with van der Waals surface area (Å²) in [5, 5.41) is 0. The van der Waals surface area contributed by atoms with E-state index in [9.17, 15) is 8.42 Å². The maximum atomic E-state index is 11.6. The molecule has 0 radical (unpaired) electrons. The van der Waals surface area contributed by atoms with Gasteiger partial charge in [0.05, 0.1) is 19.5 Å². The fourth-order valence-electron chi connectivity index (χ4n) is 6.00. The molecule has 0 spiro atoms. The van der Waals surface area contributed by atoms with Crippen LogP contribution in [0.1, 0.15) is 192 Å². The predicted octanol–water partition coefficient (Wildman–Crippen LogP) is 13.9. The summed E-state index contributed by atoms with van der Waals surface area (Å²) in [5.74, 6) is 0.580. The van der Waals surface area contributed by atoms with Gasteiger partial charge in [0, 0.05) is 11.8 Å². The zero-order valence-corrected chi connectivity index (χ0v) is 34.1. The first-order valence-electron chi connectivity index (χ1n) is 21.0. The van der Waals surface area contributed by atoms with Gasteiger partial charge in [-0.2, -0.15) is 8.42 Å². The molecule has 0 fully saturated rings. The molecule has 5 nitrogen and oxygen atoms in total. The Balaban J connectivity index is 2.20. The van der Waals surface area contributed by atoms with Gasteiger partial charge in [-0.1, -0.05) is 152 Å². The summed E-state index contributed by atoms with van der Waals surface area (Å²) in [5.41, 5.74) is 1.75. The first-order chi connectivity index (χ1) is 24.9. The third kappa shape index (κ3) is 33.4. The number of aryl methyl sites for hydroxylation is 1. The normalized spacial score (nSPS) is 12.5. The van der Waals surface area contributed by atoms with Crippen LogP contribution in [-0.4, -0.2) is 26.3 Å². The summed E-state index contributed by atoms with van der Waals surface area (Å²) >= 11 is 0. The maximum Gasteiger partial charge on any atom is 0.264 e. The molecule has 1 heterocycles. The Morgan fingerprint density at radius 2 is 0.980 bits per heavy atom. The fourth-order valence-corrected chi connectivity index (χ4v) is 6.35. The average Bonchev–Trinajstić information content (AvgIpc) is 3.11. The van der Waals surface area contributed by atoms with Crippen molar-refractivity contribution in [1.82, 2.24) is 4.98 Å². The predicted molar refractivity (Wildman–Crippen MR) is 221 cm³/mol. The molecule has 0 amide bonds. The lowest BCUT2D eigenvalue weighted by molar-refractivity contribution is 0.287. The molecule has 1 aromatic rings. The van der Waals surface area contributed by atoms with Crippen molar-refractivity contribution in [3.8, 4) is 5.88 Å². The van der Waals surface area contributed by atoms with Gasteiger partial charge in [0.2, 0.25) is 5.88 Å². The lowest BCUT2D eigenvalue weighted by atomic mass is 10.0. The topological polar surface area (TPSA) is 65.5 Å². The quantitative estimate of drug-likeness (QED) is 0.0391. The Labute approximate surface area is 316 Å². The third-order valence-electron chi connectivity index (χ3n) is 9.08. The maximum absolute atomic E-state index is 11.6. The molecule has 0 unspecified atom stereocenters. The molecule has 1 aromatic heterocycles. The molecule has 0 aliphatic heterocycles. The number of pyridine rings is 1. The van der Waals surface area contributed by atoms with Gasteiger partial charge in [0.1, 0.15) is 0 Å². The second-order valence-corrected chi connectivity index (χ2v) is 15.9. The molecule has 0 aromatic carbocycles. The van der Waals surface area contributed by atoms with Gasteiger partial charge in [0.15, 0.2) is 0 Å². The number of hydrogen-bond acceptors (Lipinski definition) is 5. The molecule has 0 bridgehead atoms. The van der Waals surface area contributed by atoms with E-state index in [1.165, 1.54) is 135 Å². The van der Waals surface area contributed by atoms with E-state index in [-0.39, 0.29) is 6.61 Å².